The Labute approximate surface area is 115 Å². The van der Waals surface area contributed by atoms with Gasteiger partial charge in [0.2, 0.25) is 0 Å². The zero-order valence-electron chi connectivity index (χ0n) is 12.4. The average molecular weight is 279 g/mol. The van der Waals surface area contributed by atoms with Crippen LogP contribution in [-0.2, 0) is 0 Å². The second-order valence-corrected chi connectivity index (χ2v) is 6.94. The third-order valence-electron chi connectivity index (χ3n) is 4.26. The van der Waals surface area contributed by atoms with E-state index in [1.54, 1.807) is 0 Å². The first kappa shape index (κ1) is 16.8. The lowest BCUT2D eigenvalue weighted by Crippen LogP contribution is -2.30. The van der Waals surface area contributed by atoms with Crippen LogP contribution in [0.2, 0.25) is 0 Å². The largest absolute Gasteiger partial charge is 0.389 e. The molecule has 0 aromatic heterocycles. The molecule has 1 fully saturated rings. The van der Waals surface area contributed by atoms with Gasteiger partial charge in [0.1, 0.15) is 0 Å². The summed E-state index contributed by atoms with van der Waals surface area (Å²) in [7, 11) is 0. The minimum Gasteiger partial charge on any atom is -0.314 e. The quantitative estimate of drug-likeness (QED) is 0.569. The highest BCUT2D eigenvalue weighted by Crippen LogP contribution is 2.36. The van der Waals surface area contributed by atoms with E-state index < -0.39 is 12.6 Å². The van der Waals surface area contributed by atoms with E-state index in [0.29, 0.717) is 18.0 Å². The fourth-order valence-corrected chi connectivity index (χ4v) is 2.97. The summed E-state index contributed by atoms with van der Waals surface area (Å²) in [5.74, 6) is 0.745. The lowest BCUT2D eigenvalue weighted by Gasteiger charge is -2.29. The van der Waals surface area contributed by atoms with Gasteiger partial charge in [-0.1, -0.05) is 27.2 Å². The highest BCUT2D eigenvalue weighted by Gasteiger charge is 2.28. The van der Waals surface area contributed by atoms with Gasteiger partial charge in [-0.25, -0.2) is 0 Å². The minimum absolute atomic E-state index is 0.197. The van der Waals surface area contributed by atoms with Crippen molar-refractivity contribution in [3.63, 3.8) is 0 Å². The smallest absolute Gasteiger partial charge is 0.314 e. The molecule has 1 N–H and O–H groups in total. The molecule has 1 aliphatic rings. The summed E-state index contributed by atoms with van der Waals surface area (Å²) in [5, 5.41) is 3.31. The second kappa shape index (κ2) is 6.96. The highest BCUT2D eigenvalue weighted by molar-refractivity contribution is 4.81. The Morgan fingerprint density at radius 3 is 2.26 bits per heavy atom. The van der Waals surface area contributed by atoms with Crippen molar-refractivity contribution in [3.8, 4) is 0 Å². The molecule has 2 unspecified atom stereocenters. The molecule has 1 aliphatic carbocycles. The van der Waals surface area contributed by atoms with Gasteiger partial charge in [-0.05, 0) is 50.0 Å². The molecule has 0 heterocycles. The van der Waals surface area contributed by atoms with Crippen LogP contribution < -0.4 is 5.32 Å². The lowest BCUT2D eigenvalue weighted by atomic mass is 9.76. The van der Waals surface area contributed by atoms with Crippen LogP contribution in [0.1, 0.15) is 65.7 Å². The van der Waals surface area contributed by atoms with Crippen molar-refractivity contribution in [3.05, 3.63) is 0 Å². The summed E-state index contributed by atoms with van der Waals surface area (Å²) < 4.78 is 36.1. The number of halogens is 3. The monoisotopic (exact) mass is 279 g/mol. The van der Waals surface area contributed by atoms with E-state index in [0.717, 1.165) is 18.8 Å². The summed E-state index contributed by atoms with van der Waals surface area (Å²) in [6.07, 6.45) is 1.37. The molecule has 0 spiro atoms. The Morgan fingerprint density at radius 2 is 1.68 bits per heavy atom. The van der Waals surface area contributed by atoms with Gasteiger partial charge in [-0.15, -0.1) is 0 Å². The molecule has 0 aliphatic heterocycles. The van der Waals surface area contributed by atoms with Crippen LogP contribution in [-0.4, -0.2) is 18.8 Å². The molecule has 0 aromatic rings. The summed E-state index contributed by atoms with van der Waals surface area (Å²) in [5.41, 5.74) is 0.352. The maximum Gasteiger partial charge on any atom is 0.389 e. The molecule has 0 saturated heterocycles. The molecule has 19 heavy (non-hydrogen) atoms. The Kier molecular flexibility index (Phi) is 6.15. The SMILES string of the molecule is CC(C)(C)C1CCCC(NCCCC(F)(F)F)CC1. The van der Waals surface area contributed by atoms with Gasteiger partial charge in [0, 0.05) is 12.5 Å². The van der Waals surface area contributed by atoms with Crippen molar-refractivity contribution in [1.82, 2.24) is 5.32 Å². The maximum atomic E-state index is 12.0. The molecule has 1 nitrogen and oxygen atoms in total. The van der Waals surface area contributed by atoms with Crippen molar-refractivity contribution in [1.29, 1.82) is 0 Å². The number of rotatable bonds is 4. The predicted octanol–water partition coefficient (Wildman–Crippen LogP) is 4.91. The number of alkyl halides is 3. The molecule has 2 atom stereocenters. The van der Waals surface area contributed by atoms with E-state index >= 15 is 0 Å². The average Bonchev–Trinajstić information content (AvgIpc) is 2.47. The maximum absolute atomic E-state index is 12.0. The first-order chi connectivity index (χ1) is 8.68. The standard InChI is InChI=1S/C15H28F3N/c1-14(2,3)12-6-4-7-13(9-8-12)19-11-5-10-15(16,17)18/h12-13,19H,4-11H2,1-3H3. The van der Waals surface area contributed by atoms with E-state index in [4.69, 9.17) is 0 Å². The highest BCUT2D eigenvalue weighted by atomic mass is 19.4. The van der Waals surface area contributed by atoms with Gasteiger partial charge < -0.3 is 5.32 Å². The van der Waals surface area contributed by atoms with Crippen LogP contribution in [0.15, 0.2) is 0 Å². The second-order valence-electron chi connectivity index (χ2n) is 6.94. The molecular weight excluding hydrogens is 251 g/mol. The zero-order chi connectivity index (χ0) is 14.5. The van der Waals surface area contributed by atoms with Gasteiger partial charge in [0.25, 0.3) is 0 Å². The fraction of sp³-hybridized carbons (Fsp3) is 1.00. The van der Waals surface area contributed by atoms with Crippen LogP contribution in [0.25, 0.3) is 0 Å². The topological polar surface area (TPSA) is 12.0 Å². The normalized spacial score (nSPS) is 26.2. The third kappa shape index (κ3) is 7.19. The first-order valence-electron chi connectivity index (χ1n) is 7.48. The molecule has 0 amide bonds. The fourth-order valence-electron chi connectivity index (χ4n) is 2.97. The molecule has 1 saturated carbocycles. The molecule has 4 heteroatoms. The summed E-state index contributed by atoms with van der Waals surface area (Å²) >= 11 is 0. The zero-order valence-corrected chi connectivity index (χ0v) is 12.4. The van der Waals surface area contributed by atoms with Crippen molar-refractivity contribution in [2.45, 2.75) is 77.9 Å². The van der Waals surface area contributed by atoms with Crippen molar-refractivity contribution in [2.75, 3.05) is 6.54 Å². The molecule has 114 valence electrons. The number of hydrogen-bond acceptors (Lipinski definition) is 1. The van der Waals surface area contributed by atoms with E-state index in [1.807, 2.05) is 0 Å². The van der Waals surface area contributed by atoms with Gasteiger partial charge >= 0.3 is 6.18 Å². The summed E-state index contributed by atoms with van der Waals surface area (Å²) in [4.78, 5) is 0. The Hall–Kier alpha value is -0.250. The van der Waals surface area contributed by atoms with E-state index in [2.05, 4.69) is 26.1 Å². The molecule has 0 bridgehead atoms. The van der Waals surface area contributed by atoms with Gasteiger partial charge in [0.15, 0.2) is 0 Å². The minimum atomic E-state index is -4.01. The Bertz CT molecular complexity index is 255. The van der Waals surface area contributed by atoms with Crippen LogP contribution in [0, 0.1) is 11.3 Å². The van der Waals surface area contributed by atoms with E-state index in [1.165, 1.54) is 19.3 Å². The van der Waals surface area contributed by atoms with Crippen LogP contribution >= 0.6 is 0 Å². The molecule has 0 radical (unpaired) electrons. The molecular formula is C15H28F3N. The number of nitrogens with one attached hydrogen (secondary N) is 1. The Morgan fingerprint density at radius 1 is 1.00 bits per heavy atom. The number of hydrogen-bond donors (Lipinski definition) is 1. The van der Waals surface area contributed by atoms with Crippen molar-refractivity contribution in [2.24, 2.45) is 11.3 Å². The Balaban J connectivity index is 2.23. The predicted molar refractivity (Wildman–Crippen MR) is 73.1 cm³/mol. The van der Waals surface area contributed by atoms with Gasteiger partial charge in [-0.3, -0.25) is 0 Å². The van der Waals surface area contributed by atoms with E-state index in [9.17, 15) is 13.2 Å². The summed E-state index contributed by atoms with van der Waals surface area (Å²) in [6.45, 7) is 7.35. The van der Waals surface area contributed by atoms with Gasteiger partial charge in [0.05, 0.1) is 0 Å². The molecule has 0 aromatic carbocycles. The lowest BCUT2D eigenvalue weighted by molar-refractivity contribution is -0.135. The van der Waals surface area contributed by atoms with Crippen LogP contribution in [0.5, 0.6) is 0 Å². The summed E-state index contributed by atoms with van der Waals surface area (Å²) in [6, 6.07) is 0.417. The van der Waals surface area contributed by atoms with Crippen LogP contribution in [0.3, 0.4) is 0 Å². The third-order valence-corrected chi connectivity index (χ3v) is 4.26. The van der Waals surface area contributed by atoms with Gasteiger partial charge in [-0.2, -0.15) is 13.2 Å². The van der Waals surface area contributed by atoms with E-state index in [-0.39, 0.29) is 6.42 Å². The van der Waals surface area contributed by atoms with Crippen molar-refractivity contribution >= 4 is 0 Å². The van der Waals surface area contributed by atoms with Crippen LogP contribution in [0.4, 0.5) is 13.2 Å². The molecule has 1 rings (SSSR count). The first-order valence-corrected chi connectivity index (χ1v) is 7.48. The van der Waals surface area contributed by atoms with Crippen molar-refractivity contribution < 1.29 is 13.2 Å².